The van der Waals surface area contributed by atoms with E-state index in [-0.39, 0.29) is 5.91 Å². The van der Waals surface area contributed by atoms with Crippen LogP contribution in [-0.2, 0) is 0 Å². The molecule has 4 rings (SSSR count). The Hall–Kier alpha value is -1.30. The summed E-state index contributed by atoms with van der Waals surface area (Å²) in [4.78, 5) is 22.0. The highest BCUT2D eigenvalue weighted by molar-refractivity contribution is 7.18. The highest BCUT2D eigenvalue weighted by Gasteiger charge is 2.41. The number of rotatable bonds is 2. The van der Waals surface area contributed by atoms with Crippen molar-refractivity contribution in [3.05, 3.63) is 4.88 Å². The van der Waals surface area contributed by atoms with Gasteiger partial charge in [0, 0.05) is 25.7 Å². The number of anilines is 2. The largest absolute Gasteiger partial charge is 0.382 e. The molecule has 20 heavy (non-hydrogen) atoms. The molecule has 3 fully saturated rings. The summed E-state index contributed by atoms with van der Waals surface area (Å²) >= 11 is 1.48. The summed E-state index contributed by atoms with van der Waals surface area (Å²) in [5.41, 5.74) is 6.00. The molecular formula is C14H20N4OS. The SMILES string of the molecule is Nc1nc(N2CCCC2)sc1C(=O)N1CC2CCC1C2. The Bertz CT molecular complexity index is 537. The summed E-state index contributed by atoms with van der Waals surface area (Å²) in [5.74, 6) is 1.25. The number of fused-ring (bicyclic) bond motifs is 2. The average Bonchev–Trinajstić information content (AvgIpc) is 3.21. The Kier molecular flexibility index (Phi) is 2.87. The van der Waals surface area contributed by atoms with Crippen molar-refractivity contribution in [1.82, 2.24) is 9.88 Å². The van der Waals surface area contributed by atoms with Gasteiger partial charge in [0.25, 0.3) is 5.91 Å². The number of thiazole rings is 1. The maximum atomic E-state index is 12.7. The fourth-order valence-electron chi connectivity index (χ4n) is 3.82. The van der Waals surface area contributed by atoms with Crippen LogP contribution < -0.4 is 10.6 Å². The molecular weight excluding hydrogens is 272 g/mol. The molecule has 2 unspecified atom stereocenters. The molecule has 2 N–H and O–H groups in total. The van der Waals surface area contributed by atoms with Gasteiger partial charge in [0.1, 0.15) is 10.7 Å². The standard InChI is InChI=1S/C14H20N4OS/c15-12-11(20-14(16-12)17-5-1-2-6-17)13(19)18-8-9-3-4-10(18)7-9/h9-10H,1-8,15H2. The zero-order valence-electron chi connectivity index (χ0n) is 11.5. The van der Waals surface area contributed by atoms with Crippen molar-refractivity contribution in [2.75, 3.05) is 30.3 Å². The molecule has 2 aliphatic heterocycles. The van der Waals surface area contributed by atoms with E-state index in [0.717, 1.165) is 37.1 Å². The van der Waals surface area contributed by atoms with E-state index in [2.05, 4.69) is 9.88 Å². The number of piperidine rings is 1. The van der Waals surface area contributed by atoms with Crippen molar-refractivity contribution in [1.29, 1.82) is 0 Å². The minimum atomic E-state index is 0.109. The zero-order chi connectivity index (χ0) is 13.7. The predicted octanol–water partition coefficient (Wildman–Crippen LogP) is 1.95. The number of hydrogen-bond donors (Lipinski definition) is 1. The second-order valence-electron chi connectivity index (χ2n) is 6.20. The quantitative estimate of drug-likeness (QED) is 0.905. The van der Waals surface area contributed by atoms with Gasteiger partial charge in [0.2, 0.25) is 0 Å². The van der Waals surface area contributed by atoms with Crippen molar-refractivity contribution >= 4 is 28.2 Å². The van der Waals surface area contributed by atoms with Gasteiger partial charge in [-0.2, -0.15) is 0 Å². The molecule has 6 heteroatoms. The van der Waals surface area contributed by atoms with E-state index in [1.165, 1.54) is 37.0 Å². The van der Waals surface area contributed by atoms with Crippen molar-refractivity contribution in [2.24, 2.45) is 5.92 Å². The number of carbonyl (C=O) groups is 1. The van der Waals surface area contributed by atoms with Crippen LogP contribution in [-0.4, -0.2) is 41.5 Å². The fourth-order valence-corrected chi connectivity index (χ4v) is 4.81. The third kappa shape index (κ3) is 1.89. The minimum absolute atomic E-state index is 0.109. The second-order valence-corrected chi connectivity index (χ2v) is 7.17. The van der Waals surface area contributed by atoms with Crippen LogP contribution in [0.1, 0.15) is 41.8 Å². The molecule has 1 aliphatic carbocycles. The van der Waals surface area contributed by atoms with Crippen LogP contribution in [0.25, 0.3) is 0 Å². The first-order chi connectivity index (χ1) is 9.72. The maximum Gasteiger partial charge on any atom is 0.268 e. The first-order valence-electron chi connectivity index (χ1n) is 7.54. The fraction of sp³-hybridized carbons (Fsp3) is 0.714. The highest BCUT2D eigenvalue weighted by Crippen LogP contribution is 2.40. The maximum absolute atomic E-state index is 12.7. The smallest absolute Gasteiger partial charge is 0.268 e. The Balaban J connectivity index is 1.57. The molecule has 3 heterocycles. The predicted molar refractivity (Wildman–Crippen MR) is 80.1 cm³/mol. The van der Waals surface area contributed by atoms with E-state index in [1.54, 1.807) is 0 Å². The lowest BCUT2D eigenvalue weighted by Crippen LogP contribution is -2.37. The molecule has 0 spiro atoms. The molecule has 1 saturated carbocycles. The monoisotopic (exact) mass is 292 g/mol. The molecule has 108 valence electrons. The van der Waals surface area contributed by atoms with E-state index in [9.17, 15) is 4.79 Å². The average molecular weight is 292 g/mol. The molecule has 5 nitrogen and oxygen atoms in total. The van der Waals surface area contributed by atoms with E-state index in [0.29, 0.717) is 16.7 Å². The molecule has 0 radical (unpaired) electrons. The first-order valence-corrected chi connectivity index (χ1v) is 8.36. The molecule has 1 aromatic rings. The summed E-state index contributed by atoms with van der Waals surface area (Å²) in [7, 11) is 0. The van der Waals surface area contributed by atoms with Gasteiger partial charge in [-0.3, -0.25) is 4.79 Å². The molecule has 0 aromatic carbocycles. The highest BCUT2D eigenvalue weighted by atomic mass is 32.1. The van der Waals surface area contributed by atoms with Gasteiger partial charge < -0.3 is 15.5 Å². The van der Waals surface area contributed by atoms with Crippen LogP contribution in [0.4, 0.5) is 10.9 Å². The summed E-state index contributed by atoms with van der Waals surface area (Å²) in [6, 6.07) is 0.448. The number of amides is 1. The summed E-state index contributed by atoms with van der Waals surface area (Å²) in [5, 5.41) is 0.924. The summed E-state index contributed by atoms with van der Waals surface area (Å²) < 4.78 is 0. The number of aromatic nitrogens is 1. The number of carbonyl (C=O) groups excluding carboxylic acids is 1. The number of nitrogens with zero attached hydrogens (tertiary/aromatic N) is 3. The van der Waals surface area contributed by atoms with E-state index in [1.807, 2.05) is 4.90 Å². The molecule has 1 aromatic heterocycles. The van der Waals surface area contributed by atoms with Crippen LogP contribution in [0.2, 0.25) is 0 Å². The molecule has 2 saturated heterocycles. The Labute approximate surface area is 122 Å². The second kappa shape index (κ2) is 4.62. The van der Waals surface area contributed by atoms with Crippen LogP contribution in [0.5, 0.6) is 0 Å². The van der Waals surface area contributed by atoms with Gasteiger partial charge in [-0.25, -0.2) is 4.98 Å². The lowest BCUT2D eigenvalue weighted by atomic mass is 10.1. The normalized spacial score (nSPS) is 28.6. The number of nitrogen functional groups attached to an aromatic ring is 1. The van der Waals surface area contributed by atoms with Crippen LogP contribution in [0.3, 0.4) is 0 Å². The van der Waals surface area contributed by atoms with Crippen molar-refractivity contribution in [2.45, 2.75) is 38.1 Å². The minimum Gasteiger partial charge on any atom is -0.382 e. The van der Waals surface area contributed by atoms with Gasteiger partial charge in [0.15, 0.2) is 5.13 Å². The molecule has 2 bridgehead atoms. The molecule has 1 amide bonds. The van der Waals surface area contributed by atoms with Crippen molar-refractivity contribution in [3.63, 3.8) is 0 Å². The van der Waals surface area contributed by atoms with Gasteiger partial charge in [-0.15, -0.1) is 0 Å². The van der Waals surface area contributed by atoms with E-state index >= 15 is 0 Å². The zero-order valence-corrected chi connectivity index (χ0v) is 12.4. The van der Waals surface area contributed by atoms with E-state index in [4.69, 9.17) is 5.73 Å². The van der Waals surface area contributed by atoms with Gasteiger partial charge in [-0.05, 0) is 38.0 Å². The van der Waals surface area contributed by atoms with Gasteiger partial charge in [-0.1, -0.05) is 11.3 Å². The van der Waals surface area contributed by atoms with Crippen molar-refractivity contribution in [3.8, 4) is 0 Å². The Morgan fingerprint density at radius 1 is 1.30 bits per heavy atom. The first kappa shape index (κ1) is 12.4. The third-order valence-corrected chi connectivity index (χ3v) is 6.00. The van der Waals surface area contributed by atoms with Gasteiger partial charge in [0.05, 0.1) is 0 Å². The Morgan fingerprint density at radius 2 is 2.10 bits per heavy atom. The van der Waals surface area contributed by atoms with E-state index < -0.39 is 0 Å². The van der Waals surface area contributed by atoms with Gasteiger partial charge >= 0.3 is 0 Å². The Morgan fingerprint density at radius 3 is 2.75 bits per heavy atom. The van der Waals surface area contributed by atoms with Crippen LogP contribution in [0.15, 0.2) is 0 Å². The van der Waals surface area contributed by atoms with Crippen LogP contribution >= 0.6 is 11.3 Å². The number of nitrogens with two attached hydrogens (primary N) is 1. The molecule has 3 aliphatic rings. The summed E-state index contributed by atoms with van der Waals surface area (Å²) in [6.45, 7) is 2.99. The lowest BCUT2D eigenvalue weighted by Gasteiger charge is -2.26. The lowest BCUT2D eigenvalue weighted by molar-refractivity contribution is 0.0709. The summed E-state index contributed by atoms with van der Waals surface area (Å²) in [6.07, 6.45) is 6.04. The third-order valence-electron chi connectivity index (χ3n) is 4.88. The topological polar surface area (TPSA) is 62.5 Å². The number of likely N-dealkylation sites (tertiary alicyclic amines) is 1. The van der Waals surface area contributed by atoms with Crippen LogP contribution in [0, 0.1) is 5.92 Å². The molecule has 2 atom stereocenters. The van der Waals surface area contributed by atoms with Crippen molar-refractivity contribution < 1.29 is 4.79 Å². The number of hydrogen-bond acceptors (Lipinski definition) is 5.